The van der Waals surface area contributed by atoms with Crippen LogP contribution in [0.5, 0.6) is 11.5 Å². The highest BCUT2D eigenvalue weighted by molar-refractivity contribution is 14.1. The van der Waals surface area contributed by atoms with Gasteiger partial charge in [-0.15, -0.1) is 0 Å². The summed E-state index contributed by atoms with van der Waals surface area (Å²) < 4.78 is 63.3. The highest BCUT2D eigenvalue weighted by Crippen LogP contribution is 2.38. The Morgan fingerprint density at radius 1 is 0.605 bits per heavy atom. The third-order valence-electron chi connectivity index (χ3n) is 7.15. The summed E-state index contributed by atoms with van der Waals surface area (Å²) in [5.74, 6) is -7.43. The van der Waals surface area contributed by atoms with Crippen LogP contribution in [-0.4, -0.2) is 0 Å². The van der Waals surface area contributed by atoms with Gasteiger partial charge >= 0.3 is 0 Å². The van der Waals surface area contributed by atoms with E-state index < -0.39 is 40.0 Å². The Bertz CT molecular complexity index is 1440. The molecule has 0 unspecified atom stereocenters. The molecule has 0 aliphatic heterocycles. The number of halogens is 5. The van der Waals surface area contributed by atoms with Crippen molar-refractivity contribution < 1.29 is 22.3 Å². The number of hydrogen-bond donors (Lipinski definition) is 0. The van der Waals surface area contributed by atoms with Gasteiger partial charge in [0.15, 0.2) is 11.6 Å². The quantitative estimate of drug-likeness (QED) is 0.112. The van der Waals surface area contributed by atoms with Crippen LogP contribution in [0.1, 0.15) is 55.5 Å². The molecule has 0 atom stereocenters. The van der Waals surface area contributed by atoms with E-state index in [4.69, 9.17) is 4.74 Å². The van der Waals surface area contributed by atoms with Crippen LogP contribution >= 0.6 is 22.6 Å². The van der Waals surface area contributed by atoms with Crippen LogP contribution in [0.2, 0.25) is 0 Å². The van der Waals surface area contributed by atoms with Crippen LogP contribution in [0.4, 0.5) is 17.6 Å². The van der Waals surface area contributed by atoms with E-state index in [1.54, 1.807) is 12.1 Å². The monoisotopic (exact) mass is 630 g/mol. The van der Waals surface area contributed by atoms with Crippen LogP contribution < -0.4 is 4.74 Å². The van der Waals surface area contributed by atoms with Crippen molar-refractivity contribution >= 4 is 28.7 Å². The standard InChI is InChI=1S/C32H27F4IO/c1-6-25-26(33)28(35)30(29(36)27(25)34)38-24-17-13-22(14-18-24)32(4,5)20-9-7-19(8-10-20)31(2,3)21-11-15-23(37)16-12-21/h6-18H,1H2,2-5H3. The molecular formula is C32H27F4IO. The van der Waals surface area contributed by atoms with Crippen LogP contribution in [0, 0.1) is 26.8 Å². The maximum atomic E-state index is 14.4. The molecule has 4 aromatic carbocycles. The molecule has 4 rings (SSSR count). The van der Waals surface area contributed by atoms with Gasteiger partial charge < -0.3 is 4.74 Å². The molecule has 0 radical (unpaired) electrons. The molecule has 1 nitrogen and oxygen atoms in total. The van der Waals surface area contributed by atoms with Gasteiger partial charge in [-0.2, -0.15) is 8.78 Å². The first-order valence-electron chi connectivity index (χ1n) is 12.0. The molecule has 0 saturated carbocycles. The first-order valence-corrected chi connectivity index (χ1v) is 13.1. The normalized spacial score (nSPS) is 11.9. The average Bonchev–Trinajstić information content (AvgIpc) is 2.91. The Labute approximate surface area is 234 Å². The Kier molecular flexibility index (Phi) is 7.75. The van der Waals surface area contributed by atoms with Gasteiger partial charge in [0.25, 0.3) is 0 Å². The first-order chi connectivity index (χ1) is 17.9. The molecule has 4 aromatic rings. The van der Waals surface area contributed by atoms with Crippen molar-refractivity contribution in [2.75, 3.05) is 0 Å². The lowest BCUT2D eigenvalue weighted by Gasteiger charge is -2.29. The molecule has 0 amide bonds. The number of benzene rings is 4. The lowest BCUT2D eigenvalue weighted by molar-refractivity contribution is 0.365. The van der Waals surface area contributed by atoms with Crippen molar-refractivity contribution in [3.05, 3.63) is 134 Å². The van der Waals surface area contributed by atoms with Crippen molar-refractivity contribution in [3.63, 3.8) is 0 Å². The summed E-state index contributed by atoms with van der Waals surface area (Å²) >= 11 is 2.30. The molecular weight excluding hydrogens is 603 g/mol. The summed E-state index contributed by atoms with van der Waals surface area (Å²) in [4.78, 5) is 0. The predicted octanol–water partition coefficient (Wildman–Crippen LogP) is 9.93. The van der Waals surface area contributed by atoms with Gasteiger partial charge in [0.05, 0.1) is 5.56 Å². The van der Waals surface area contributed by atoms with Crippen LogP contribution in [0.15, 0.2) is 79.4 Å². The largest absolute Gasteiger partial charge is 0.451 e. The van der Waals surface area contributed by atoms with Crippen molar-refractivity contribution in [2.24, 2.45) is 0 Å². The third-order valence-corrected chi connectivity index (χ3v) is 7.87. The molecule has 0 aliphatic rings. The second-order valence-electron chi connectivity index (χ2n) is 10.2. The molecule has 6 heteroatoms. The molecule has 0 spiro atoms. The lowest BCUT2D eigenvalue weighted by atomic mass is 9.74. The number of hydrogen-bond acceptors (Lipinski definition) is 1. The fourth-order valence-electron chi connectivity index (χ4n) is 4.46. The fraction of sp³-hybridized carbons (Fsp3) is 0.188. The van der Waals surface area contributed by atoms with Crippen molar-refractivity contribution in [2.45, 2.75) is 38.5 Å². The molecule has 38 heavy (non-hydrogen) atoms. The van der Waals surface area contributed by atoms with E-state index in [2.05, 4.69) is 105 Å². The summed E-state index contributed by atoms with van der Waals surface area (Å²) in [6.45, 7) is 11.7. The zero-order chi connectivity index (χ0) is 27.8. The van der Waals surface area contributed by atoms with E-state index in [0.717, 1.165) is 11.1 Å². The lowest BCUT2D eigenvalue weighted by Crippen LogP contribution is -2.21. The summed E-state index contributed by atoms with van der Waals surface area (Å²) in [5, 5.41) is 0. The van der Waals surface area contributed by atoms with E-state index in [1.165, 1.54) is 26.8 Å². The van der Waals surface area contributed by atoms with Crippen LogP contribution in [0.3, 0.4) is 0 Å². The first kappa shape index (κ1) is 27.9. The van der Waals surface area contributed by atoms with Gasteiger partial charge in [0.1, 0.15) is 5.75 Å². The Morgan fingerprint density at radius 2 is 0.947 bits per heavy atom. The molecule has 196 valence electrons. The van der Waals surface area contributed by atoms with E-state index in [1.807, 2.05) is 0 Å². The van der Waals surface area contributed by atoms with E-state index in [9.17, 15) is 17.6 Å². The smallest absolute Gasteiger partial charge is 0.205 e. The van der Waals surface area contributed by atoms with Crippen LogP contribution in [0.25, 0.3) is 6.08 Å². The predicted molar refractivity (Wildman–Crippen MR) is 153 cm³/mol. The fourth-order valence-corrected chi connectivity index (χ4v) is 4.82. The maximum Gasteiger partial charge on any atom is 0.205 e. The van der Waals surface area contributed by atoms with E-state index >= 15 is 0 Å². The maximum absolute atomic E-state index is 14.4. The summed E-state index contributed by atoms with van der Waals surface area (Å²) in [7, 11) is 0. The summed E-state index contributed by atoms with van der Waals surface area (Å²) in [6, 6.07) is 23.5. The Hall–Kier alpha value is -3.13. The molecule has 0 saturated heterocycles. The number of ether oxygens (including phenoxy) is 1. The highest BCUT2D eigenvalue weighted by Gasteiger charge is 2.28. The van der Waals surface area contributed by atoms with Gasteiger partial charge in [-0.3, -0.25) is 0 Å². The van der Waals surface area contributed by atoms with Gasteiger partial charge in [0, 0.05) is 14.4 Å². The van der Waals surface area contributed by atoms with Crippen molar-refractivity contribution in [3.8, 4) is 11.5 Å². The second kappa shape index (κ2) is 10.6. The summed E-state index contributed by atoms with van der Waals surface area (Å²) in [6.07, 6.45) is 0.716. The molecule has 0 aliphatic carbocycles. The minimum atomic E-state index is -1.61. The molecule has 0 bridgehead atoms. The third kappa shape index (κ3) is 5.10. The SMILES string of the molecule is C=Cc1c(F)c(F)c(Oc2ccc(C(C)(C)c3ccc(C(C)(C)c4ccc(I)cc4)cc3)cc2)c(F)c1F. The van der Waals surface area contributed by atoms with Gasteiger partial charge in [0.2, 0.25) is 17.4 Å². The highest BCUT2D eigenvalue weighted by atomic mass is 127. The second-order valence-corrected chi connectivity index (χ2v) is 11.4. The molecule has 0 aromatic heterocycles. The minimum Gasteiger partial charge on any atom is -0.451 e. The average molecular weight is 630 g/mol. The topological polar surface area (TPSA) is 9.23 Å². The van der Waals surface area contributed by atoms with Gasteiger partial charge in [-0.05, 0) is 69.1 Å². The van der Waals surface area contributed by atoms with E-state index in [-0.39, 0.29) is 11.2 Å². The van der Waals surface area contributed by atoms with Gasteiger partial charge in [-0.1, -0.05) is 88.9 Å². The van der Waals surface area contributed by atoms with Crippen molar-refractivity contribution in [1.82, 2.24) is 0 Å². The minimum absolute atomic E-state index is 0.0436. The Morgan fingerprint density at radius 3 is 1.32 bits per heavy atom. The Balaban J connectivity index is 1.57. The zero-order valence-electron chi connectivity index (χ0n) is 21.5. The molecule has 0 heterocycles. The van der Waals surface area contributed by atoms with Crippen LogP contribution in [-0.2, 0) is 10.8 Å². The molecule has 0 fully saturated rings. The zero-order valence-corrected chi connectivity index (χ0v) is 23.7. The number of rotatable bonds is 7. The van der Waals surface area contributed by atoms with Gasteiger partial charge in [-0.25, -0.2) is 8.78 Å². The molecule has 0 N–H and O–H groups in total. The van der Waals surface area contributed by atoms with E-state index in [0.29, 0.717) is 6.08 Å². The van der Waals surface area contributed by atoms with Crippen molar-refractivity contribution in [1.29, 1.82) is 0 Å². The summed E-state index contributed by atoms with van der Waals surface area (Å²) in [5.41, 5.74) is 2.98.